The Morgan fingerprint density at radius 3 is 2.88 bits per heavy atom. The van der Waals surface area contributed by atoms with Gasteiger partial charge in [0.15, 0.2) is 0 Å². The van der Waals surface area contributed by atoms with Crippen molar-refractivity contribution >= 4 is 22.9 Å². The third-order valence-electron chi connectivity index (χ3n) is 3.86. The third kappa shape index (κ3) is 4.65. The SMILES string of the molecule is CCOC(=O)/C=C/c1nn(Cc2cc[c-]cc2C)c2ccccc12.[Y]. The molecule has 0 N–H and O–H groups in total. The van der Waals surface area contributed by atoms with E-state index >= 15 is 0 Å². The Balaban J connectivity index is 0.00000225. The summed E-state index contributed by atoms with van der Waals surface area (Å²) in [6.07, 6.45) is 3.13. The maximum Gasteiger partial charge on any atom is 0.330 e. The summed E-state index contributed by atoms with van der Waals surface area (Å²) in [6, 6.07) is 17.0. The molecule has 2 aromatic carbocycles. The number of aryl methyl sites for hydroxylation is 1. The smallest absolute Gasteiger partial charge is 0.330 e. The van der Waals surface area contributed by atoms with Crippen molar-refractivity contribution < 1.29 is 42.2 Å². The van der Waals surface area contributed by atoms with E-state index in [0.29, 0.717) is 13.2 Å². The molecule has 0 aliphatic rings. The number of para-hydroxylation sites is 1. The van der Waals surface area contributed by atoms with Crippen molar-refractivity contribution in [2.24, 2.45) is 0 Å². The average Bonchev–Trinajstić information content (AvgIpc) is 2.93. The predicted octanol–water partition coefficient (Wildman–Crippen LogP) is 3.77. The number of aromatic nitrogens is 2. The Bertz CT molecular complexity index is 900. The van der Waals surface area contributed by atoms with Gasteiger partial charge < -0.3 is 4.74 Å². The number of esters is 1. The van der Waals surface area contributed by atoms with Crippen molar-refractivity contribution in [3.63, 3.8) is 0 Å². The van der Waals surface area contributed by atoms with Crippen LogP contribution in [0.25, 0.3) is 17.0 Å². The van der Waals surface area contributed by atoms with Gasteiger partial charge in [0.1, 0.15) is 0 Å². The zero-order valence-corrected chi connectivity index (χ0v) is 17.2. The first-order chi connectivity index (χ1) is 11.7. The van der Waals surface area contributed by atoms with E-state index in [1.807, 2.05) is 41.1 Å². The van der Waals surface area contributed by atoms with E-state index in [2.05, 4.69) is 24.2 Å². The summed E-state index contributed by atoms with van der Waals surface area (Å²) >= 11 is 0. The first-order valence-electron chi connectivity index (χ1n) is 7.95. The van der Waals surface area contributed by atoms with Gasteiger partial charge in [-0.2, -0.15) is 34.9 Å². The van der Waals surface area contributed by atoms with E-state index < -0.39 is 0 Å². The van der Waals surface area contributed by atoms with Crippen molar-refractivity contribution in [2.75, 3.05) is 6.61 Å². The van der Waals surface area contributed by atoms with Gasteiger partial charge in [-0.25, -0.2) is 4.79 Å². The fourth-order valence-electron chi connectivity index (χ4n) is 2.62. The summed E-state index contributed by atoms with van der Waals surface area (Å²) in [6.45, 7) is 4.89. The van der Waals surface area contributed by atoms with Crippen molar-refractivity contribution in [3.8, 4) is 0 Å². The van der Waals surface area contributed by atoms with E-state index in [0.717, 1.165) is 16.6 Å². The van der Waals surface area contributed by atoms with E-state index in [4.69, 9.17) is 4.74 Å². The van der Waals surface area contributed by atoms with Gasteiger partial charge in [0.25, 0.3) is 0 Å². The van der Waals surface area contributed by atoms with Crippen molar-refractivity contribution in [2.45, 2.75) is 20.4 Å². The molecule has 4 nitrogen and oxygen atoms in total. The normalized spacial score (nSPS) is 10.8. The van der Waals surface area contributed by atoms with Gasteiger partial charge in [0.2, 0.25) is 0 Å². The molecule has 3 rings (SSSR count). The minimum absolute atomic E-state index is 0. The molecule has 1 heterocycles. The van der Waals surface area contributed by atoms with E-state index in [9.17, 15) is 4.79 Å². The number of hydrogen-bond acceptors (Lipinski definition) is 3. The van der Waals surface area contributed by atoms with E-state index in [1.54, 1.807) is 13.0 Å². The number of nitrogens with zero attached hydrogens (tertiary/aromatic N) is 2. The second-order valence-electron chi connectivity index (χ2n) is 5.50. The van der Waals surface area contributed by atoms with Crippen LogP contribution >= 0.6 is 0 Å². The quantitative estimate of drug-likeness (QED) is 0.367. The molecule has 0 amide bonds. The molecule has 0 aliphatic carbocycles. The van der Waals surface area contributed by atoms with E-state index in [1.165, 1.54) is 17.2 Å². The zero-order chi connectivity index (χ0) is 16.9. The van der Waals surface area contributed by atoms with Crippen LogP contribution in [0, 0.1) is 13.0 Å². The molecular weight excluding hydrogens is 389 g/mol. The summed E-state index contributed by atoms with van der Waals surface area (Å²) in [5.41, 5.74) is 4.18. The summed E-state index contributed by atoms with van der Waals surface area (Å²) in [4.78, 5) is 11.5. The fraction of sp³-hybridized carbons (Fsp3) is 0.200. The molecule has 3 aromatic rings. The number of fused-ring (bicyclic) bond motifs is 1. The van der Waals surface area contributed by atoms with Crippen LogP contribution in [-0.2, 0) is 48.8 Å². The predicted molar refractivity (Wildman–Crippen MR) is 94.5 cm³/mol. The van der Waals surface area contributed by atoms with Gasteiger partial charge in [-0.15, -0.1) is 5.56 Å². The van der Waals surface area contributed by atoms with Crippen LogP contribution in [0.5, 0.6) is 0 Å². The van der Waals surface area contributed by atoms with Crippen LogP contribution in [0.2, 0.25) is 0 Å². The van der Waals surface area contributed by atoms with Gasteiger partial charge in [-0.1, -0.05) is 25.1 Å². The summed E-state index contributed by atoms with van der Waals surface area (Å²) in [5.74, 6) is -0.356. The third-order valence-corrected chi connectivity index (χ3v) is 3.86. The number of carbonyl (C=O) groups excluding carboxylic acids is 1. The molecular formula is C20H19N2O2Y-. The van der Waals surface area contributed by atoms with Crippen LogP contribution in [0.1, 0.15) is 23.7 Å². The van der Waals surface area contributed by atoms with Gasteiger partial charge >= 0.3 is 5.97 Å². The number of hydrogen-bond donors (Lipinski definition) is 0. The standard InChI is InChI=1S/C20H19N2O2.Y/c1-3-24-20(23)13-12-18-17-10-6-7-11-19(17)22(21-18)14-16-9-5-4-8-15(16)2;/h5-13H,3,14H2,1-2H3;/q-1;/b13-12+;. The van der Waals surface area contributed by atoms with Crippen molar-refractivity contribution in [3.05, 3.63) is 71.4 Å². The van der Waals surface area contributed by atoms with Crippen LogP contribution in [0.15, 0.2) is 48.5 Å². The summed E-state index contributed by atoms with van der Waals surface area (Å²) in [5, 5.41) is 5.68. The molecule has 25 heavy (non-hydrogen) atoms. The minimum atomic E-state index is -0.356. The van der Waals surface area contributed by atoms with Gasteiger partial charge in [-0.3, -0.25) is 4.68 Å². The maximum absolute atomic E-state index is 11.5. The second kappa shape index (κ2) is 9.07. The first-order valence-corrected chi connectivity index (χ1v) is 7.95. The molecule has 125 valence electrons. The summed E-state index contributed by atoms with van der Waals surface area (Å²) < 4.78 is 6.89. The molecule has 5 heteroatoms. The van der Waals surface area contributed by atoms with Gasteiger partial charge in [0, 0.05) is 50.7 Å². The molecule has 0 aliphatic heterocycles. The minimum Gasteiger partial charge on any atom is -0.463 e. The fourth-order valence-corrected chi connectivity index (χ4v) is 2.62. The summed E-state index contributed by atoms with van der Waals surface area (Å²) in [7, 11) is 0. The van der Waals surface area contributed by atoms with Crippen LogP contribution in [0.4, 0.5) is 0 Å². The molecule has 0 spiro atoms. The Hall–Kier alpha value is -1.78. The Labute approximate surface area is 172 Å². The monoisotopic (exact) mass is 408 g/mol. The molecule has 0 fully saturated rings. The number of ether oxygens (including phenoxy) is 1. The van der Waals surface area contributed by atoms with Crippen LogP contribution in [-0.4, -0.2) is 22.4 Å². The van der Waals surface area contributed by atoms with Crippen molar-refractivity contribution in [1.29, 1.82) is 0 Å². The number of carbonyl (C=O) groups is 1. The molecule has 0 saturated heterocycles. The van der Waals surface area contributed by atoms with Gasteiger partial charge in [-0.05, 0) is 19.1 Å². The van der Waals surface area contributed by atoms with Crippen LogP contribution < -0.4 is 0 Å². The molecule has 0 bridgehead atoms. The average molecular weight is 408 g/mol. The Morgan fingerprint density at radius 1 is 1.32 bits per heavy atom. The topological polar surface area (TPSA) is 44.1 Å². The van der Waals surface area contributed by atoms with Crippen molar-refractivity contribution in [1.82, 2.24) is 9.78 Å². The number of benzene rings is 2. The molecule has 0 saturated carbocycles. The molecule has 0 unspecified atom stereocenters. The number of rotatable bonds is 5. The zero-order valence-electron chi connectivity index (χ0n) is 14.4. The first kappa shape index (κ1) is 19.5. The molecule has 1 aromatic heterocycles. The largest absolute Gasteiger partial charge is 0.463 e. The Kier molecular flexibility index (Phi) is 7.09. The van der Waals surface area contributed by atoms with E-state index in [-0.39, 0.29) is 38.7 Å². The van der Waals surface area contributed by atoms with Gasteiger partial charge in [0.05, 0.1) is 17.8 Å². The molecule has 0 atom stereocenters. The van der Waals surface area contributed by atoms with Crippen LogP contribution in [0.3, 0.4) is 0 Å². The second-order valence-corrected chi connectivity index (χ2v) is 5.50. The molecule has 1 radical (unpaired) electrons. The Morgan fingerprint density at radius 2 is 2.12 bits per heavy atom. The maximum atomic E-state index is 11.5.